The van der Waals surface area contributed by atoms with Gasteiger partial charge in [0.2, 0.25) is 5.91 Å². The first-order chi connectivity index (χ1) is 10.5. The third kappa shape index (κ3) is 6.55. The second-order valence-corrected chi connectivity index (χ2v) is 7.24. The highest BCUT2D eigenvalue weighted by molar-refractivity contribution is 5.96. The van der Waals surface area contributed by atoms with E-state index < -0.39 is 5.41 Å². The summed E-state index contributed by atoms with van der Waals surface area (Å²) >= 11 is 0. The zero-order chi connectivity index (χ0) is 17.7. The highest BCUT2D eigenvalue weighted by Gasteiger charge is 2.26. The lowest BCUT2D eigenvalue weighted by Crippen LogP contribution is -2.43. The predicted octanol–water partition coefficient (Wildman–Crippen LogP) is 4.15. The van der Waals surface area contributed by atoms with Crippen LogP contribution in [0.1, 0.15) is 41.0 Å². The summed E-state index contributed by atoms with van der Waals surface area (Å²) in [7, 11) is 0. The van der Waals surface area contributed by atoms with E-state index in [1.165, 1.54) is 0 Å². The predicted molar refractivity (Wildman–Crippen MR) is 95.6 cm³/mol. The summed E-state index contributed by atoms with van der Waals surface area (Å²) in [6, 6.07) is 6.78. The van der Waals surface area contributed by atoms with Gasteiger partial charge in [0.25, 0.3) is 0 Å². The summed E-state index contributed by atoms with van der Waals surface area (Å²) in [4.78, 5) is 24.2. The summed E-state index contributed by atoms with van der Waals surface area (Å²) in [6.07, 6.45) is 2.32. The Hall–Kier alpha value is -2.30. The molecule has 0 aromatic heterocycles. The van der Waals surface area contributed by atoms with Crippen LogP contribution in [0.3, 0.4) is 0 Å². The smallest absolute Gasteiger partial charge is 0.319 e. The molecular weight excluding hydrogens is 290 g/mol. The zero-order valence-electron chi connectivity index (χ0n) is 14.6. The quantitative estimate of drug-likeness (QED) is 0.714. The van der Waals surface area contributed by atoms with Gasteiger partial charge in [-0.15, -0.1) is 6.58 Å². The summed E-state index contributed by atoms with van der Waals surface area (Å²) < 4.78 is 0. The molecule has 0 saturated carbocycles. The number of hydrogen-bond donors (Lipinski definition) is 3. The van der Waals surface area contributed by atoms with Gasteiger partial charge in [-0.2, -0.15) is 0 Å². The molecule has 0 aliphatic heterocycles. The van der Waals surface area contributed by atoms with Crippen LogP contribution in [0.4, 0.5) is 16.2 Å². The van der Waals surface area contributed by atoms with E-state index in [1.807, 2.05) is 34.6 Å². The van der Waals surface area contributed by atoms with Crippen LogP contribution in [0.5, 0.6) is 0 Å². The van der Waals surface area contributed by atoms with Crippen molar-refractivity contribution < 1.29 is 9.59 Å². The number of benzene rings is 1. The normalized spacial score (nSPS) is 11.5. The summed E-state index contributed by atoms with van der Waals surface area (Å²) in [6.45, 7) is 13.1. The molecule has 0 saturated heterocycles. The van der Waals surface area contributed by atoms with Crippen LogP contribution in [0.25, 0.3) is 0 Å². The molecule has 5 nitrogen and oxygen atoms in total. The first-order valence-corrected chi connectivity index (χ1v) is 7.65. The van der Waals surface area contributed by atoms with Gasteiger partial charge < -0.3 is 16.0 Å². The van der Waals surface area contributed by atoms with Gasteiger partial charge in [-0.3, -0.25) is 4.79 Å². The molecule has 0 radical (unpaired) electrons. The van der Waals surface area contributed by atoms with Gasteiger partial charge in [0, 0.05) is 22.3 Å². The van der Waals surface area contributed by atoms with Crippen molar-refractivity contribution in [1.82, 2.24) is 5.32 Å². The molecule has 0 spiro atoms. The number of carbonyl (C=O) groups excluding carboxylic acids is 2. The zero-order valence-corrected chi connectivity index (χ0v) is 14.6. The molecule has 0 aliphatic rings. The van der Waals surface area contributed by atoms with Crippen LogP contribution in [0.15, 0.2) is 36.9 Å². The van der Waals surface area contributed by atoms with E-state index in [2.05, 4.69) is 22.5 Å². The van der Waals surface area contributed by atoms with Gasteiger partial charge in [-0.05, 0) is 45.4 Å². The molecule has 0 atom stereocenters. The lowest BCUT2D eigenvalue weighted by atomic mass is 9.88. The second-order valence-electron chi connectivity index (χ2n) is 7.24. The number of nitrogens with one attached hydrogen (secondary N) is 3. The minimum Gasteiger partial charge on any atom is -0.333 e. The third-order valence-corrected chi connectivity index (χ3v) is 3.14. The van der Waals surface area contributed by atoms with Crippen molar-refractivity contribution in [2.45, 2.75) is 46.6 Å². The molecule has 1 aromatic rings. The fraction of sp³-hybridized carbons (Fsp3) is 0.444. The summed E-state index contributed by atoms with van der Waals surface area (Å²) in [5.41, 5.74) is 0.408. The average molecular weight is 317 g/mol. The van der Waals surface area contributed by atoms with Crippen molar-refractivity contribution in [2.75, 3.05) is 10.6 Å². The Morgan fingerprint density at radius 2 is 1.65 bits per heavy atom. The van der Waals surface area contributed by atoms with Gasteiger partial charge in [0.1, 0.15) is 0 Å². The fourth-order valence-electron chi connectivity index (χ4n) is 1.93. The van der Waals surface area contributed by atoms with Crippen LogP contribution >= 0.6 is 0 Å². The monoisotopic (exact) mass is 317 g/mol. The average Bonchev–Trinajstić information content (AvgIpc) is 2.36. The molecule has 1 rings (SSSR count). The number of carbonyl (C=O) groups is 2. The Kier molecular flexibility index (Phi) is 5.96. The fourth-order valence-corrected chi connectivity index (χ4v) is 1.93. The number of anilines is 2. The minimum atomic E-state index is -0.533. The van der Waals surface area contributed by atoms with Gasteiger partial charge >= 0.3 is 6.03 Å². The van der Waals surface area contributed by atoms with Crippen molar-refractivity contribution in [3.8, 4) is 0 Å². The van der Waals surface area contributed by atoms with Gasteiger partial charge in [0.15, 0.2) is 0 Å². The van der Waals surface area contributed by atoms with Crippen molar-refractivity contribution in [1.29, 1.82) is 0 Å². The lowest BCUT2D eigenvalue weighted by molar-refractivity contribution is -0.123. The first-order valence-electron chi connectivity index (χ1n) is 7.65. The van der Waals surface area contributed by atoms with Crippen LogP contribution < -0.4 is 16.0 Å². The minimum absolute atomic E-state index is 0.0892. The maximum atomic E-state index is 12.3. The Morgan fingerprint density at radius 1 is 1.09 bits per heavy atom. The van der Waals surface area contributed by atoms with E-state index in [9.17, 15) is 9.59 Å². The molecule has 0 fully saturated rings. The van der Waals surface area contributed by atoms with Gasteiger partial charge in [-0.25, -0.2) is 4.79 Å². The highest BCUT2D eigenvalue weighted by atomic mass is 16.2. The van der Waals surface area contributed by atoms with Crippen LogP contribution in [0.2, 0.25) is 0 Å². The molecular formula is C18H27N3O2. The van der Waals surface area contributed by atoms with E-state index in [4.69, 9.17) is 0 Å². The molecule has 0 unspecified atom stereocenters. The van der Waals surface area contributed by atoms with E-state index >= 15 is 0 Å². The largest absolute Gasteiger partial charge is 0.333 e. The van der Waals surface area contributed by atoms with Crippen LogP contribution in [-0.4, -0.2) is 17.5 Å². The standard InChI is InChI=1S/C18H27N3O2/c1-7-11-18(5,6)15(22)19-13-9-8-10-14(12-13)20-16(23)21-17(2,3)4/h7-10,12H,1,11H2,2-6H3,(H,19,22)(H2,20,21,23). The van der Waals surface area contributed by atoms with E-state index in [0.29, 0.717) is 17.8 Å². The molecule has 0 bridgehead atoms. The topological polar surface area (TPSA) is 70.2 Å². The first kappa shape index (κ1) is 18.7. The number of urea groups is 1. The Morgan fingerprint density at radius 3 is 2.17 bits per heavy atom. The Balaban J connectivity index is 2.76. The molecule has 0 heterocycles. The van der Waals surface area contributed by atoms with Gasteiger partial charge in [-0.1, -0.05) is 26.0 Å². The molecule has 23 heavy (non-hydrogen) atoms. The second kappa shape index (κ2) is 7.31. The number of rotatable bonds is 5. The van der Waals surface area contributed by atoms with E-state index in [1.54, 1.807) is 30.3 Å². The number of allylic oxidation sites excluding steroid dienone is 1. The summed E-state index contributed by atoms with van der Waals surface area (Å²) in [5, 5.41) is 8.45. The van der Waals surface area contributed by atoms with Crippen molar-refractivity contribution >= 4 is 23.3 Å². The molecule has 126 valence electrons. The SMILES string of the molecule is C=CCC(C)(C)C(=O)Nc1cccc(NC(=O)NC(C)(C)C)c1. The van der Waals surface area contributed by atoms with Crippen LogP contribution in [0, 0.1) is 5.41 Å². The van der Waals surface area contributed by atoms with E-state index in [-0.39, 0.29) is 17.5 Å². The van der Waals surface area contributed by atoms with Crippen LogP contribution in [-0.2, 0) is 4.79 Å². The maximum absolute atomic E-state index is 12.3. The van der Waals surface area contributed by atoms with E-state index in [0.717, 1.165) is 0 Å². The van der Waals surface area contributed by atoms with Crippen molar-refractivity contribution in [3.63, 3.8) is 0 Å². The lowest BCUT2D eigenvalue weighted by Gasteiger charge is -2.22. The molecule has 0 aliphatic carbocycles. The molecule has 1 aromatic carbocycles. The molecule has 3 amide bonds. The highest BCUT2D eigenvalue weighted by Crippen LogP contribution is 2.24. The molecule has 3 N–H and O–H groups in total. The molecule has 5 heteroatoms. The van der Waals surface area contributed by atoms with Crippen molar-refractivity contribution in [3.05, 3.63) is 36.9 Å². The summed E-state index contributed by atoms with van der Waals surface area (Å²) in [5.74, 6) is -0.0892. The van der Waals surface area contributed by atoms with Gasteiger partial charge in [0.05, 0.1) is 0 Å². The third-order valence-electron chi connectivity index (χ3n) is 3.14. The number of amides is 3. The number of hydrogen-bond acceptors (Lipinski definition) is 2. The van der Waals surface area contributed by atoms with Crippen molar-refractivity contribution in [2.24, 2.45) is 5.41 Å². The Bertz CT molecular complexity index is 586. The Labute approximate surface area is 138 Å². The maximum Gasteiger partial charge on any atom is 0.319 e.